The summed E-state index contributed by atoms with van der Waals surface area (Å²) in [6.07, 6.45) is 2.68. The zero-order chi connectivity index (χ0) is 36.4. The third-order valence-corrected chi connectivity index (χ3v) is 11.5. The fourth-order valence-electron chi connectivity index (χ4n) is 8.59. The normalized spacial score (nSPS) is 14.1. The van der Waals surface area contributed by atoms with Crippen molar-refractivity contribution in [3.8, 4) is 22.3 Å². The largest absolute Gasteiger partial charge is 0.456 e. The van der Waals surface area contributed by atoms with Gasteiger partial charge in [-0.1, -0.05) is 147 Å². The number of allylic oxidation sites excluding steroid dienone is 1. The van der Waals surface area contributed by atoms with Crippen LogP contribution in [-0.2, 0) is 11.8 Å². The van der Waals surface area contributed by atoms with Gasteiger partial charge in [0.1, 0.15) is 17.3 Å². The molecule has 1 aliphatic rings. The Hall–Kier alpha value is -6.42. The zero-order valence-electron chi connectivity index (χ0n) is 30.4. The maximum absolute atomic E-state index is 6.92. The summed E-state index contributed by atoms with van der Waals surface area (Å²) in [6.45, 7) is 4.69. The Bertz CT molecular complexity index is 2930. The Labute approximate surface area is 315 Å². The predicted octanol–water partition coefficient (Wildman–Crippen LogP) is 12.7. The van der Waals surface area contributed by atoms with Gasteiger partial charge in [0.25, 0.3) is 0 Å². The summed E-state index contributed by atoms with van der Waals surface area (Å²) in [5.41, 5.74) is 20.7. The number of hydrogen-bond acceptors (Lipinski definition) is 3. The summed E-state index contributed by atoms with van der Waals surface area (Å²) in [7, 11) is 0. The molecule has 54 heavy (non-hydrogen) atoms. The van der Waals surface area contributed by atoms with E-state index in [2.05, 4.69) is 171 Å². The van der Waals surface area contributed by atoms with Crippen LogP contribution < -0.4 is 11.1 Å². The lowest BCUT2D eigenvalue weighted by Gasteiger charge is -2.23. The highest BCUT2D eigenvalue weighted by Crippen LogP contribution is 2.52. The second-order valence-corrected chi connectivity index (χ2v) is 15.2. The Balaban J connectivity index is 1.05. The maximum atomic E-state index is 6.92. The van der Waals surface area contributed by atoms with Gasteiger partial charge in [-0.15, -0.1) is 0 Å². The minimum absolute atomic E-state index is 0.139. The maximum Gasteiger partial charge on any atom is 0.136 e. The van der Waals surface area contributed by atoms with Gasteiger partial charge in [0.05, 0.1) is 0 Å². The van der Waals surface area contributed by atoms with Gasteiger partial charge in [-0.3, -0.25) is 0 Å². The molecule has 0 saturated heterocycles. The van der Waals surface area contributed by atoms with E-state index in [1.54, 1.807) is 0 Å². The highest BCUT2D eigenvalue weighted by molar-refractivity contribution is 6.11. The van der Waals surface area contributed by atoms with Crippen molar-refractivity contribution in [1.82, 2.24) is 5.32 Å². The topological polar surface area (TPSA) is 51.2 Å². The van der Waals surface area contributed by atoms with Gasteiger partial charge >= 0.3 is 0 Å². The molecule has 1 atom stereocenters. The molecule has 1 aromatic heterocycles. The molecule has 0 bridgehead atoms. The van der Waals surface area contributed by atoms with Crippen molar-refractivity contribution in [2.45, 2.75) is 31.8 Å². The molecule has 1 unspecified atom stereocenters. The van der Waals surface area contributed by atoms with Crippen LogP contribution >= 0.6 is 0 Å². The molecular formula is C51H40N2O. The molecule has 9 aromatic rings. The lowest BCUT2D eigenvalue weighted by atomic mass is 9.81. The van der Waals surface area contributed by atoms with E-state index in [1.807, 2.05) is 18.2 Å². The van der Waals surface area contributed by atoms with Gasteiger partial charge in [0, 0.05) is 27.4 Å². The van der Waals surface area contributed by atoms with Crippen molar-refractivity contribution in [2.75, 3.05) is 0 Å². The van der Waals surface area contributed by atoms with E-state index in [4.69, 9.17) is 10.2 Å². The first kappa shape index (κ1) is 32.2. The Morgan fingerprint density at radius 2 is 1.28 bits per heavy atom. The molecule has 0 radical (unpaired) electrons. The average Bonchev–Trinajstić information content (AvgIpc) is 3.68. The van der Waals surface area contributed by atoms with E-state index in [0.717, 1.165) is 39.6 Å². The smallest absolute Gasteiger partial charge is 0.136 e. The van der Waals surface area contributed by atoms with Crippen molar-refractivity contribution in [2.24, 2.45) is 5.73 Å². The summed E-state index contributed by atoms with van der Waals surface area (Å²) in [6, 6.07) is 58.8. The van der Waals surface area contributed by atoms with Crippen LogP contribution in [0.4, 0.5) is 0 Å². The van der Waals surface area contributed by atoms with Gasteiger partial charge in [0.15, 0.2) is 0 Å². The van der Waals surface area contributed by atoms with E-state index in [9.17, 15) is 0 Å². The predicted molar refractivity (Wildman–Crippen MR) is 226 cm³/mol. The Kier molecular flexibility index (Phi) is 7.53. The fourth-order valence-corrected chi connectivity index (χ4v) is 8.59. The molecule has 0 amide bonds. The van der Waals surface area contributed by atoms with Crippen LogP contribution in [0.2, 0.25) is 0 Å². The number of rotatable bonds is 7. The first-order chi connectivity index (χ1) is 26.4. The van der Waals surface area contributed by atoms with Gasteiger partial charge < -0.3 is 15.5 Å². The van der Waals surface area contributed by atoms with Crippen molar-refractivity contribution in [3.05, 3.63) is 198 Å². The van der Waals surface area contributed by atoms with Crippen molar-refractivity contribution >= 4 is 49.2 Å². The number of nitrogens with two attached hydrogens (primary N) is 1. The molecule has 1 heterocycles. The molecule has 0 spiro atoms. The van der Waals surface area contributed by atoms with Crippen LogP contribution in [0.5, 0.6) is 0 Å². The van der Waals surface area contributed by atoms with Crippen LogP contribution in [0, 0.1) is 0 Å². The van der Waals surface area contributed by atoms with Gasteiger partial charge in [-0.25, -0.2) is 0 Å². The Morgan fingerprint density at radius 1 is 0.611 bits per heavy atom. The standard InChI is InChI=1S/C51H40N2O/c1-51(2)44-21-11-20-40(49(44)43-29-36-16-6-8-17-37(36)30-45(43)51)46(53-50(52)33-13-4-3-5-14-33)24-22-32-12-10-19-34(26-32)39-23-25-47-41(28-39)42-27-35-15-7-9-18-38(35)31-48(42)54-47/h3-21,23-31,50,53H,22,52H2,1-2H3/b46-24-. The van der Waals surface area contributed by atoms with Crippen molar-refractivity contribution in [3.63, 3.8) is 0 Å². The number of furan rings is 1. The zero-order valence-corrected chi connectivity index (χ0v) is 30.4. The summed E-state index contributed by atoms with van der Waals surface area (Å²) in [4.78, 5) is 0. The van der Waals surface area contributed by atoms with Crippen molar-refractivity contribution in [1.29, 1.82) is 0 Å². The number of benzene rings is 8. The lowest BCUT2D eigenvalue weighted by molar-refractivity contribution is 0.659. The van der Waals surface area contributed by atoms with Crippen LogP contribution in [0.1, 0.15) is 47.8 Å². The SMILES string of the molecule is CC1(C)c2cc3ccccc3cc2-c2c(/C(=C/Cc3cccc(-c4ccc5oc6cc7ccccc7cc6c5c4)c3)NC(N)c3ccccc3)cccc21. The third-order valence-electron chi connectivity index (χ3n) is 11.5. The molecule has 8 aromatic carbocycles. The molecule has 1 aliphatic carbocycles. The second-order valence-electron chi connectivity index (χ2n) is 15.2. The second kappa shape index (κ2) is 12.6. The van der Waals surface area contributed by atoms with Crippen LogP contribution in [-0.4, -0.2) is 0 Å². The molecule has 0 fully saturated rings. The minimum atomic E-state index is -0.376. The number of hydrogen-bond donors (Lipinski definition) is 2. The molecule has 3 nitrogen and oxygen atoms in total. The molecule has 10 rings (SSSR count). The molecule has 0 aliphatic heterocycles. The lowest BCUT2D eigenvalue weighted by Crippen LogP contribution is -2.28. The van der Waals surface area contributed by atoms with E-state index in [0.29, 0.717) is 0 Å². The minimum Gasteiger partial charge on any atom is -0.456 e. The first-order valence-electron chi connectivity index (χ1n) is 18.8. The summed E-state index contributed by atoms with van der Waals surface area (Å²) in [5, 5.41) is 11.0. The van der Waals surface area contributed by atoms with E-state index >= 15 is 0 Å². The fraction of sp³-hybridized carbons (Fsp3) is 0.0980. The average molecular weight is 697 g/mol. The molecule has 260 valence electrons. The molecule has 0 saturated carbocycles. The quantitative estimate of drug-likeness (QED) is 0.163. The highest BCUT2D eigenvalue weighted by atomic mass is 16.3. The summed E-state index contributed by atoms with van der Waals surface area (Å²) < 4.78 is 6.31. The van der Waals surface area contributed by atoms with E-state index < -0.39 is 0 Å². The van der Waals surface area contributed by atoms with Crippen LogP contribution in [0.3, 0.4) is 0 Å². The van der Waals surface area contributed by atoms with Gasteiger partial charge in [-0.2, -0.15) is 0 Å². The van der Waals surface area contributed by atoms with Crippen LogP contribution in [0.25, 0.3) is 71.4 Å². The van der Waals surface area contributed by atoms with E-state index in [-0.39, 0.29) is 11.6 Å². The number of nitrogens with one attached hydrogen (secondary N) is 1. The number of fused-ring (bicyclic) bond motifs is 8. The third kappa shape index (κ3) is 5.39. The highest BCUT2D eigenvalue weighted by Gasteiger charge is 2.37. The van der Waals surface area contributed by atoms with Crippen molar-refractivity contribution < 1.29 is 4.42 Å². The van der Waals surface area contributed by atoms with Gasteiger partial charge in [0.2, 0.25) is 0 Å². The monoisotopic (exact) mass is 696 g/mol. The Morgan fingerprint density at radius 3 is 2.07 bits per heavy atom. The first-order valence-corrected chi connectivity index (χ1v) is 18.8. The summed E-state index contributed by atoms with van der Waals surface area (Å²) >= 11 is 0. The summed E-state index contributed by atoms with van der Waals surface area (Å²) in [5.74, 6) is 0. The molecule has 3 heteroatoms. The molecular weight excluding hydrogens is 657 g/mol. The van der Waals surface area contributed by atoms with E-state index in [1.165, 1.54) is 66.1 Å². The van der Waals surface area contributed by atoms with Gasteiger partial charge in [-0.05, 0) is 109 Å². The van der Waals surface area contributed by atoms with Crippen LogP contribution in [0.15, 0.2) is 174 Å². The molecule has 3 N–H and O–H groups in total.